The molecule has 6 nitrogen and oxygen atoms in total. The molecule has 4 atom stereocenters. The summed E-state index contributed by atoms with van der Waals surface area (Å²) in [6.45, 7) is 9.50. The molecule has 7 heteroatoms. The first-order valence-corrected chi connectivity index (χ1v) is 9.75. The lowest BCUT2D eigenvalue weighted by Gasteiger charge is -2.34. The quantitative estimate of drug-likeness (QED) is 0.764. The summed E-state index contributed by atoms with van der Waals surface area (Å²) in [5, 5.41) is 6.10. The van der Waals surface area contributed by atoms with Gasteiger partial charge in [-0.1, -0.05) is 13.8 Å². The van der Waals surface area contributed by atoms with Crippen LogP contribution in [0.25, 0.3) is 0 Å². The summed E-state index contributed by atoms with van der Waals surface area (Å²) in [7, 11) is 0. The molecule has 0 aliphatic carbocycles. The maximum absolute atomic E-state index is 14.1. The molecule has 3 heterocycles. The van der Waals surface area contributed by atoms with Gasteiger partial charge in [0.15, 0.2) is 0 Å². The van der Waals surface area contributed by atoms with Crippen LogP contribution in [-0.2, 0) is 19.9 Å². The highest BCUT2D eigenvalue weighted by Gasteiger charge is 2.71. The number of amides is 3. The Morgan fingerprint density at radius 1 is 1.18 bits per heavy atom. The molecule has 150 valence electrons. The van der Waals surface area contributed by atoms with Gasteiger partial charge in [-0.25, -0.2) is 4.39 Å². The predicted molar refractivity (Wildman–Crippen MR) is 102 cm³/mol. The summed E-state index contributed by atoms with van der Waals surface area (Å²) in [5.74, 6) is -2.77. The van der Waals surface area contributed by atoms with E-state index in [2.05, 4.69) is 10.6 Å². The van der Waals surface area contributed by atoms with Gasteiger partial charge in [0.1, 0.15) is 11.4 Å². The van der Waals surface area contributed by atoms with Gasteiger partial charge in [0.2, 0.25) is 17.7 Å². The SMILES string of the molecule is CC(C)CC1NC2(C(=O)Nc3ccc(F)cc32)[C@@H]2C(=O)N(C(C)(C)C)C(=O)[C@H]12. The Morgan fingerprint density at radius 3 is 2.46 bits per heavy atom. The average molecular weight is 387 g/mol. The topological polar surface area (TPSA) is 78.5 Å². The van der Waals surface area contributed by atoms with Gasteiger partial charge in [-0.3, -0.25) is 24.6 Å². The molecule has 0 saturated carbocycles. The van der Waals surface area contributed by atoms with Crippen molar-refractivity contribution in [2.24, 2.45) is 17.8 Å². The fraction of sp³-hybridized carbons (Fsp3) is 0.571. The molecule has 2 N–H and O–H groups in total. The molecule has 1 spiro atoms. The summed E-state index contributed by atoms with van der Waals surface area (Å²) in [4.78, 5) is 41.3. The monoisotopic (exact) mass is 387 g/mol. The van der Waals surface area contributed by atoms with Gasteiger partial charge in [0.05, 0.1) is 11.8 Å². The molecule has 3 amide bonds. The second-order valence-corrected chi connectivity index (χ2v) is 9.52. The number of carbonyl (C=O) groups excluding carboxylic acids is 3. The molecule has 2 unspecified atom stereocenters. The first-order valence-electron chi connectivity index (χ1n) is 9.75. The number of likely N-dealkylation sites (tertiary alicyclic amines) is 1. The van der Waals surface area contributed by atoms with Crippen LogP contribution in [0.1, 0.15) is 46.6 Å². The molecule has 1 aromatic rings. The standard InChI is InChI=1S/C21H26FN3O3/c1-10(2)8-14-15-16(18(27)25(17(15)26)20(3,4)5)21(24-14)12-9-11(22)6-7-13(12)23-19(21)28/h6-7,9-10,14-16,24H,8H2,1-5H3,(H,23,28)/t14?,15-,16+,21?/m1/s1. The van der Waals surface area contributed by atoms with E-state index in [-0.39, 0.29) is 23.8 Å². The van der Waals surface area contributed by atoms with Crippen molar-refractivity contribution in [2.45, 2.75) is 58.2 Å². The third kappa shape index (κ3) is 2.38. The van der Waals surface area contributed by atoms with Crippen LogP contribution in [0.4, 0.5) is 10.1 Å². The molecule has 2 saturated heterocycles. The van der Waals surface area contributed by atoms with Crippen LogP contribution in [0, 0.1) is 23.6 Å². The summed E-state index contributed by atoms with van der Waals surface area (Å²) >= 11 is 0. The number of imide groups is 1. The van der Waals surface area contributed by atoms with E-state index in [0.717, 1.165) is 0 Å². The zero-order valence-corrected chi connectivity index (χ0v) is 16.8. The minimum absolute atomic E-state index is 0.254. The molecule has 3 aliphatic heterocycles. The van der Waals surface area contributed by atoms with Crippen LogP contribution in [-0.4, -0.2) is 34.2 Å². The van der Waals surface area contributed by atoms with Crippen molar-refractivity contribution in [1.29, 1.82) is 0 Å². The molecule has 0 bridgehead atoms. The number of nitrogens with one attached hydrogen (secondary N) is 2. The van der Waals surface area contributed by atoms with Crippen molar-refractivity contribution < 1.29 is 18.8 Å². The fourth-order valence-electron chi connectivity index (χ4n) is 5.15. The molecular formula is C21H26FN3O3. The van der Waals surface area contributed by atoms with Crippen molar-refractivity contribution in [2.75, 3.05) is 5.32 Å². The molecule has 2 fully saturated rings. The number of benzene rings is 1. The molecule has 1 aromatic carbocycles. The normalized spacial score (nSPS) is 31.8. The highest BCUT2D eigenvalue weighted by atomic mass is 19.1. The van der Waals surface area contributed by atoms with Crippen LogP contribution >= 0.6 is 0 Å². The highest BCUT2D eigenvalue weighted by molar-refractivity contribution is 6.15. The zero-order chi connectivity index (χ0) is 20.6. The van der Waals surface area contributed by atoms with Gasteiger partial charge >= 0.3 is 0 Å². The molecule has 0 aromatic heterocycles. The summed E-state index contributed by atoms with van der Waals surface area (Å²) in [6.07, 6.45) is 0.637. The summed E-state index contributed by atoms with van der Waals surface area (Å²) in [5.41, 5.74) is -1.22. The van der Waals surface area contributed by atoms with Crippen LogP contribution in [0.2, 0.25) is 0 Å². The van der Waals surface area contributed by atoms with Crippen molar-refractivity contribution in [3.8, 4) is 0 Å². The summed E-state index contributed by atoms with van der Waals surface area (Å²) in [6, 6.07) is 3.74. The molecule has 3 aliphatic rings. The van der Waals surface area contributed by atoms with Crippen molar-refractivity contribution >= 4 is 23.4 Å². The minimum atomic E-state index is -1.42. The Kier molecular flexibility index (Phi) is 3.99. The van der Waals surface area contributed by atoms with E-state index in [0.29, 0.717) is 17.7 Å². The fourth-order valence-corrected chi connectivity index (χ4v) is 5.15. The van der Waals surface area contributed by atoms with Crippen LogP contribution < -0.4 is 10.6 Å². The third-order valence-electron chi connectivity index (χ3n) is 6.07. The van der Waals surface area contributed by atoms with E-state index < -0.39 is 34.6 Å². The number of nitrogens with zero attached hydrogens (tertiary/aromatic N) is 1. The smallest absolute Gasteiger partial charge is 0.250 e. The maximum atomic E-state index is 14.1. The Morgan fingerprint density at radius 2 is 1.86 bits per heavy atom. The number of carbonyl (C=O) groups is 3. The zero-order valence-electron chi connectivity index (χ0n) is 16.8. The number of rotatable bonds is 2. The maximum Gasteiger partial charge on any atom is 0.250 e. The Bertz CT molecular complexity index is 891. The minimum Gasteiger partial charge on any atom is -0.324 e. The number of anilines is 1. The number of fused-ring (bicyclic) bond motifs is 4. The Hall–Kier alpha value is -2.28. The van der Waals surface area contributed by atoms with E-state index in [1.54, 1.807) is 0 Å². The van der Waals surface area contributed by atoms with E-state index in [9.17, 15) is 18.8 Å². The summed E-state index contributed by atoms with van der Waals surface area (Å²) < 4.78 is 14.1. The van der Waals surface area contributed by atoms with Crippen molar-refractivity contribution in [3.63, 3.8) is 0 Å². The molecular weight excluding hydrogens is 361 g/mol. The number of hydrogen-bond donors (Lipinski definition) is 2. The predicted octanol–water partition coefficient (Wildman–Crippen LogP) is 2.39. The van der Waals surface area contributed by atoms with Gasteiger partial charge in [-0.15, -0.1) is 0 Å². The van der Waals surface area contributed by atoms with E-state index >= 15 is 0 Å². The first kappa shape index (κ1) is 19.1. The van der Waals surface area contributed by atoms with Gasteiger partial charge in [-0.2, -0.15) is 0 Å². The van der Waals surface area contributed by atoms with Crippen LogP contribution in [0.3, 0.4) is 0 Å². The number of halogens is 1. The van der Waals surface area contributed by atoms with Gasteiger partial charge in [-0.05, 0) is 51.3 Å². The highest BCUT2D eigenvalue weighted by Crippen LogP contribution is 2.54. The second-order valence-electron chi connectivity index (χ2n) is 9.52. The third-order valence-corrected chi connectivity index (χ3v) is 6.07. The average Bonchev–Trinajstić information content (AvgIpc) is 3.12. The Balaban J connectivity index is 1.91. The largest absolute Gasteiger partial charge is 0.324 e. The Labute approximate surface area is 163 Å². The van der Waals surface area contributed by atoms with Crippen LogP contribution in [0.15, 0.2) is 18.2 Å². The number of hydrogen-bond acceptors (Lipinski definition) is 4. The lowest BCUT2D eigenvalue weighted by atomic mass is 9.76. The van der Waals surface area contributed by atoms with Crippen LogP contribution in [0.5, 0.6) is 0 Å². The lowest BCUT2D eigenvalue weighted by molar-refractivity contribution is -0.147. The van der Waals surface area contributed by atoms with Gasteiger partial charge < -0.3 is 5.32 Å². The van der Waals surface area contributed by atoms with Gasteiger partial charge in [0, 0.05) is 22.8 Å². The first-order chi connectivity index (χ1) is 13.0. The lowest BCUT2D eigenvalue weighted by Crippen LogP contribution is -2.55. The van der Waals surface area contributed by atoms with Crippen molar-refractivity contribution in [1.82, 2.24) is 10.2 Å². The van der Waals surface area contributed by atoms with E-state index in [1.807, 2.05) is 34.6 Å². The van der Waals surface area contributed by atoms with E-state index in [1.165, 1.54) is 23.1 Å². The molecule has 4 rings (SSSR count). The molecule has 28 heavy (non-hydrogen) atoms. The molecule has 0 radical (unpaired) electrons. The van der Waals surface area contributed by atoms with Crippen molar-refractivity contribution in [3.05, 3.63) is 29.6 Å². The van der Waals surface area contributed by atoms with E-state index in [4.69, 9.17) is 0 Å². The van der Waals surface area contributed by atoms with Gasteiger partial charge in [0.25, 0.3) is 0 Å². The second kappa shape index (κ2) is 5.86.